The molecule has 5 nitrogen and oxygen atoms in total. The lowest BCUT2D eigenvalue weighted by molar-refractivity contribution is 0.414. The van der Waals surface area contributed by atoms with E-state index >= 15 is 0 Å². The maximum absolute atomic E-state index is 12.2. The van der Waals surface area contributed by atoms with Gasteiger partial charge in [-0.1, -0.05) is 0 Å². The van der Waals surface area contributed by atoms with Crippen molar-refractivity contribution in [3.63, 3.8) is 0 Å². The quantitative estimate of drug-likeness (QED) is 0.942. The fourth-order valence-corrected chi connectivity index (χ4v) is 3.79. The molecule has 0 unspecified atom stereocenters. The van der Waals surface area contributed by atoms with Crippen LogP contribution in [0, 0.1) is 13.8 Å². The number of ether oxygens (including phenoxy) is 1. The van der Waals surface area contributed by atoms with Gasteiger partial charge in [0, 0.05) is 5.38 Å². The summed E-state index contributed by atoms with van der Waals surface area (Å²) in [7, 11) is -2.07. The number of benzene rings is 1. The number of nitrogens with zero attached hydrogens (tertiary/aromatic N) is 1. The van der Waals surface area contributed by atoms with Gasteiger partial charge in [0.15, 0.2) is 5.13 Å². The van der Waals surface area contributed by atoms with Crippen molar-refractivity contribution in [2.75, 3.05) is 11.8 Å². The maximum Gasteiger partial charge on any atom is 0.263 e. The zero-order chi connectivity index (χ0) is 14.0. The van der Waals surface area contributed by atoms with Crippen LogP contribution in [-0.4, -0.2) is 20.5 Å². The van der Waals surface area contributed by atoms with Crippen molar-refractivity contribution in [1.82, 2.24) is 4.98 Å². The normalized spacial score (nSPS) is 11.3. The summed E-state index contributed by atoms with van der Waals surface area (Å²) in [5.74, 6) is 0.626. The van der Waals surface area contributed by atoms with E-state index in [0.29, 0.717) is 16.4 Å². The molecule has 0 saturated carbocycles. The van der Waals surface area contributed by atoms with Crippen molar-refractivity contribution in [3.8, 4) is 5.75 Å². The van der Waals surface area contributed by atoms with Gasteiger partial charge in [-0.15, -0.1) is 11.3 Å². The highest BCUT2D eigenvalue weighted by atomic mass is 32.2. The summed E-state index contributed by atoms with van der Waals surface area (Å²) in [6.07, 6.45) is 0. The van der Waals surface area contributed by atoms with Gasteiger partial charge in [-0.2, -0.15) is 0 Å². The molecule has 0 spiro atoms. The van der Waals surface area contributed by atoms with Crippen molar-refractivity contribution in [3.05, 3.63) is 34.8 Å². The average Bonchev–Trinajstić information content (AvgIpc) is 2.73. The van der Waals surface area contributed by atoms with Crippen molar-refractivity contribution < 1.29 is 13.2 Å². The van der Waals surface area contributed by atoms with E-state index in [4.69, 9.17) is 4.74 Å². The molecule has 7 heteroatoms. The fourth-order valence-electron chi connectivity index (χ4n) is 1.62. The number of methoxy groups -OCH3 is 1. The first-order valence-electron chi connectivity index (χ1n) is 5.52. The smallest absolute Gasteiger partial charge is 0.263 e. The number of hydrogen-bond donors (Lipinski definition) is 1. The largest absolute Gasteiger partial charge is 0.497 e. The van der Waals surface area contributed by atoms with Gasteiger partial charge in [0.05, 0.1) is 17.7 Å². The van der Waals surface area contributed by atoms with Gasteiger partial charge in [-0.05, 0) is 37.6 Å². The standard InChI is InChI=1S/C12H14N2O3S2/c1-8-6-10(17-3)4-5-11(8)19(15,16)14-12-13-9(2)7-18-12/h4-7H,1-3H3,(H,13,14). The van der Waals surface area contributed by atoms with Crippen molar-refractivity contribution >= 4 is 26.5 Å². The lowest BCUT2D eigenvalue weighted by atomic mass is 10.2. The van der Waals surface area contributed by atoms with Crippen LogP contribution in [0.3, 0.4) is 0 Å². The van der Waals surface area contributed by atoms with Crippen molar-refractivity contribution in [2.24, 2.45) is 0 Å². The Hall–Kier alpha value is -1.60. The zero-order valence-corrected chi connectivity index (χ0v) is 12.4. The Labute approximate surface area is 116 Å². The lowest BCUT2D eigenvalue weighted by Crippen LogP contribution is -2.14. The van der Waals surface area contributed by atoms with E-state index in [1.54, 1.807) is 31.5 Å². The molecule has 0 aliphatic heterocycles. The van der Waals surface area contributed by atoms with Crippen LogP contribution < -0.4 is 9.46 Å². The molecule has 0 fully saturated rings. The van der Waals surface area contributed by atoms with Gasteiger partial charge in [0.25, 0.3) is 10.0 Å². The molecule has 1 N–H and O–H groups in total. The molecule has 1 aromatic carbocycles. The highest BCUT2D eigenvalue weighted by molar-refractivity contribution is 7.93. The molecule has 0 saturated heterocycles. The molecule has 1 heterocycles. The van der Waals surface area contributed by atoms with E-state index in [-0.39, 0.29) is 4.90 Å². The van der Waals surface area contributed by atoms with Crippen LogP contribution in [0.5, 0.6) is 5.75 Å². The predicted octanol–water partition coefficient (Wildman–Crippen LogP) is 2.57. The second-order valence-corrected chi connectivity index (χ2v) is 6.54. The number of sulfonamides is 1. The van der Waals surface area contributed by atoms with Gasteiger partial charge in [-0.25, -0.2) is 13.4 Å². The van der Waals surface area contributed by atoms with E-state index in [9.17, 15) is 8.42 Å². The summed E-state index contributed by atoms with van der Waals surface area (Å²) in [6.45, 7) is 3.54. The molecule has 1 aromatic heterocycles. The van der Waals surface area contributed by atoms with Crippen molar-refractivity contribution in [2.45, 2.75) is 18.7 Å². The maximum atomic E-state index is 12.2. The molecular formula is C12H14N2O3S2. The molecule has 0 aliphatic carbocycles. The molecular weight excluding hydrogens is 284 g/mol. The first-order chi connectivity index (χ1) is 8.92. The Balaban J connectivity index is 2.34. The number of rotatable bonds is 4. The summed E-state index contributed by atoms with van der Waals surface area (Å²) in [4.78, 5) is 4.31. The minimum Gasteiger partial charge on any atom is -0.497 e. The van der Waals surface area contributed by atoms with Gasteiger partial charge in [0.2, 0.25) is 0 Å². The van der Waals surface area contributed by atoms with Crippen LogP contribution in [0.2, 0.25) is 0 Å². The fraction of sp³-hybridized carbons (Fsp3) is 0.250. The van der Waals surface area contributed by atoms with Gasteiger partial charge >= 0.3 is 0 Å². The third-order valence-corrected chi connectivity index (χ3v) is 5.02. The monoisotopic (exact) mass is 298 g/mol. The van der Waals surface area contributed by atoms with Crippen LogP contribution in [0.4, 0.5) is 5.13 Å². The Morgan fingerprint density at radius 2 is 2.05 bits per heavy atom. The first kappa shape index (κ1) is 13.8. The van der Waals surface area contributed by atoms with E-state index in [1.165, 1.54) is 17.4 Å². The lowest BCUT2D eigenvalue weighted by Gasteiger charge is -2.09. The van der Waals surface area contributed by atoms with Crippen LogP contribution in [0.25, 0.3) is 0 Å². The molecule has 0 amide bonds. The van der Waals surface area contributed by atoms with Crippen molar-refractivity contribution in [1.29, 1.82) is 0 Å². The molecule has 0 aliphatic rings. The number of nitrogens with one attached hydrogen (secondary N) is 1. The minimum atomic E-state index is -3.61. The second kappa shape index (κ2) is 5.18. The zero-order valence-electron chi connectivity index (χ0n) is 10.8. The van der Waals surface area contributed by atoms with Gasteiger partial charge in [0.1, 0.15) is 5.75 Å². The molecule has 19 heavy (non-hydrogen) atoms. The van der Waals surface area contributed by atoms with Crippen LogP contribution >= 0.6 is 11.3 Å². The third kappa shape index (κ3) is 3.05. The topological polar surface area (TPSA) is 68.3 Å². The summed E-state index contributed by atoms with van der Waals surface area (Å²) >= 11 is 1.26. The van der Waals surface area contributed by atoms with E-state index < -0.39 is 10.0 Å². The van der Waals surface area contributed by atoms with E-state index in [0.717, 1.165) is 5.69 Å². The number of anilines is 1. The second-order valence-electron chi connectivity index (χ2n) is 4.03. The predicted molar refractivity (Wildman–Crippen MR) is 75.4 cm³/mol. The Bertz CT molecular complexity index is 693. The number of hydrogen-bond acceptors (Lipinski definition) is 5. The number of aryl methyl sites for hydroxylation is 2. The van der Waals surface area contributed by atoms with Crippen LogP contribution in [0.15, 0.2) is 28.5 Å². The summed E-state index contributed by atoms with van der Waals surface area (Å²) in [5, 5.41) is 2.16. The molecule has 0 radical (unpaired) electrons. The summed E-state index contributed by atoms with van der Waals surface area (Å²) in [6, 6.07) is 4.83. The Kier molecular flexibility index (Phi) is 3.77. The molecule has 2 aromatic rings. The molecule has 0 bridgehead atoms. The summed E-state index contributed by atoms with van der Waals surface area (Å²) in [5.41, 5.74) is 1.41. The average molecular weight is 298 g/mol. The molecule has 0 atom stereocenters. The third-order valence-electron chi connectivity index (χ3n) is 2.51. The van der Waals surface area contributed by atoms with E-state index in [2.05, 4.69) is 9.71 Å². The van der Waals surface area contributed by atoms with E-state index in [1.807, 2.05) is 6.92 Å². The first-order valence-corrected chi connectivity index (χ1v) is 7.88. The van der Waals surface area contributed by atoms with Gasteiger partial charge in [-0.3, -0.25) is 4.72 Å². The highest BCUT2D eigenvalue weighted by Gasteiger charge is 2.18. The van der Waals surface area contributed by atoms with Gasteiger partial charge < -0.3 is 4.74 Å². The SMILES string of the molecule is COc1ccc(S(=O)(=O)Nc2nc(C)cs2)c(C)c1. The molecule has 2 rings (SSSR count). The molecule has 102 valence electrons. The Morgan fingerprint density at radius 3 is 2.58 bits per heavy atom. The summed E-state index contributed by atoms with van der Waals surface area (Å²) < 4.78 is 32.0. The number of aromatic nitrogens is 1. The minimum absolute atomic E-state index is 0.223. The van der Waals surface area contributed by atoms with Crippen LogP contribution in [-0.2, 0) is 10.0 Å². The highest BCUT2D eigenvalue weighted by Crippen LogP contribution is 2.24. The van der Waals surface area contributed by atoms with Crippen LogP contribution in [0.1, 0.15) is 11.3 Å². The Morgan fingerprint density at radius 1 is 1.32 bits per heavy atom. The number of thiazole rings is 1.